The Morgan fingerprint density at radius 2 is 2.03 bits per heavy atom. The first-order valence-electron chi connectivity index (χ1n) is 10.2. The van der Waals surface area contributed by atoms with Crippen LogP contribution in [0.15, 0.2) is 27.9 Å². The van der Waals surface area contributed by atoms with Gasteiger partial charge in [-0.3, -0.25) is 4.79 Å². The largest absolute Gasteiger partial charge is 0.489 e. The highest BCUT2D eigenvalue weighted by molar-refractivity contribution is 7.90. The van der Waals surface area contributed by atoms with Gasteiger partial charge in [0.15, 0.2) is 9.84 Å². The van der Waals surface area contributed by atoms with Crippen molar-refractivity contribution >= 4 is 27.4 Å². The number of aromatic carboxylic acids is 1. The van der Waals surface area contributed by atoms with Gasteiger partial charge in [0.05, 0.1) is 41.2 Å². The number of carbonyl (C=O) groups is 1. The summed E-state index contributed by atoms with van der Waals surface area (Å²) >= 11 is 6.43. The molecule has 11 heteroatoms. The first kappa shape index (κ1) is 21.4. The molecule has 0 bridgehead atoms. The molecule has 1 saturated heterocycles. The van der Waals surface area contributed by atoms with Crippen LogP contribution in [-0.4, -0.2) is 56.6 Å². The first-order valence-corrected chi connectivity index (χ1v) is 12.2. The van der Waals surface area contributed by atoms with E-state index in [1.165, 1.54) is 16.7 Å². The van der Waals surface area contributed by atoms with Gasteiger partial charge in [-0.1, -0.05) is 11.6 Å². The molecular formula is C21H20ClNO8S. The molecule has 9 nitrogen and oxygen atoms in total. The predicted molar refractivity (Wildman–Crippen MR) is 113 cm³/mol. The summed E-state index contributed by atoms with van der Waals surface area (Å²) in [5.74, 6) is -1.61. The second-order valence-electron chi connectivity index (χ2n) is 8.06. The number of benzene rings is 1. The van der Waals surface area contributed by atoms with Crippen LogP contribution < -0.4 is 10.3 Å². The minimum Gasteiger partial charge on any atom is -0.489 e. The van der Waals surface area contributed by atoms with E-state index in [0.29, 0.717) is 25.5 Å². The molecule has 0 radical (unpaired) electrons. The molecule has 0 spiro atoms. The summed E-state index contributed by atoms with van der Waals surface area (Å²) in [5.41, 5.74) is -0.115. The van der Waals surface area contributed by atoms with E-state index >= 15 is 0 Å². The number of sulfone groups is 1. The fourth-order valence-corrected chi connectivity index (χ4v) is 5.90. The van der Waals surface area contributed by atoms with Gasteiger partial charge in [0.1, 0.15) is 24.0 Å². The third-order valence-electron chi connectivity index (χ3n) is 5.73. The molecule has 32 heavy (non-hydrogen) atoms. The molecule has 1 aromatic heterocycles. The molecule has 1 atom stereocenters. The highest BCUT2D eigenvalue weighted by Gasteiger charge is 2.37. The van der Waals surface area contributed by atoms with Gasteiger partial charge in [0, 0.05) is 17.7 Å². The van der Waals surface area contributed by atoms with Crippen molar-refractivity contribution in [1.82, 2.24) is 4.57 Å². The van der Waals surface area contributed by atoms with Crippen LogP contribution in [-0.2, 0) is 25.1 Å². The van der Waals surface area contributed by atoms with Crippen molar-refractivity contribution in [2.24, 2.45) is 0 Å². The first-order chi connectivity index (χ1) is 15.3. The zero-order chi connectivity index (χ0) is 22.6. The zero-order valence-electron chi connectivity index (χ0n) is 16.9. The maximum Gasteiger partial charge on any atom is 0.341 e. The molecule has 3 heterocycles. The van der Waals surface area contributed by atoms with Crippen molar-refractivity contribution < 1.29 is 32.5 Å². The molecule has 1 N–H and O–H groups in total. The fourth-order valence-electron chi connectivity index (χ4n) is 4.12. The number of ether oxygens (including phenoxy) is 3. The van der Waals surface area contributed by atoms with Crippen LogP contribution in [0.5, 0.6) is 5.75 Å². The number of halogens is 1. The molecule has 2 fully saturated rings. The summed E-state index contributed by atoms with van der Waals surface area (Å²) in [5, 5.41) is 9.63. The minimum atomic E-state index is -3.82. The number of aromatic nitrogens is 1. The second kappa shape index (κ2) is 7.87. The summed E-state index contributed by atoms with van der Waals surface area (Å²) < 4.78 is 44.2. The Morgan fingerprint density at radius 3 is 2.69 bits per heavy atom. The average Bonchev–Trinajstić information content (AvgIpc) is 3.58. The van der Waals surface area contributed by atoms with Gasteiger partial charge < -0.3 is 23.9 Å². The number of carboxylic acids is 1. The van der Waals surface area contributed by atoms with Crippen LogP contribution in [0, 0.1) is 0 Å². The monoisotopic (exact) mass is 481 g/mol. The standard InChI is InChI=1S/C21H20ClNO8S/c22-16-6-14-18(7-17(16)31-9-13-8-29-3-4-30-13)32(27,28)10-11-5-15(21(25)26)20(24)23(19(11)14)12-1-2-12/h5-7,12-13H,1-4,8-10H2,(H,25,26)/t13-/m1/s1. The van der Waals surface area contributed by atoms with Crippen molar-refractivity contribution in [3.05, 3.63) is 44.7 Å². The molecular weight excluding hydrogens is 462 g/mol. The van der Waals surface area contributed by atoms with Gasteiger partial charge in [0.25, 0.3) is 5.56 Å². The lowest BCUT2D eigenvalue weighted by Gasteiger charge is -2.26. The van der Waals surface area contributed by atoms with Gasteiger partial charge in [-0.25, -0.2) is 13.2 Å². The molecule has 0 unspecified atom stereocenters. The minimum absolute atomic E-state index is 0.00193. The number of hydrogen-bond donors (Lipinski definition) is 1. The zero-order valence-corrected chi connectivity index (χ0v) is 18.4. The average molecular weight is 482 g/mol. The molecule has 1 aliphatic carbocycles. The van der Waals surface area contributed by atoms with Gasteiger partial charge in [-0.15, -0.1) is 0 Å². The summed E-state index contributed by atoms with van der Waals surface area (Å²) in [7, 11) is -3.82. The highest BCUT2D eigenvalue weighted by Crippen LogP contribution is 2.46. The van der Waals surface area contributed by atoms with Crippen molar-refractivity contribution in [3.63, 3.8) is 0 Å². The Bertz CT molecular complexity index is 1280. The van der Waals surface area contributed by atoms with Crippen molar-refractivity contribution in [2.45, 2.75) is 35.6 Å². The van der Waals surface area contributed by atoms with E-state index in [1.54, 1.807) is 0 Å². The number of carboxylic acid groups (broad SMARTS) is 1. The van der Waals surface area contributed by atoms with Crippen LogP contribution in [0.3, 0.4) is 0 Å². The topological polar surface area (TPSA) is 121 Å². The Morgan fingerprint density at radius 1 is 1.25 bits per heavy atom. The molecule has 170 valence electrons. The second-order valence-corrected chi connectivity index (χ2v) is 10.4. The highest BCUT2D eigenvalue weighted by atomic mass is 35.5. The molecule has 3 aliphatic rings. The molecule has 1 saturated carbocycles. The molecule has 1 aromatic carbocycles. The van der Waals surface area contributed by atoms with Crippen LogP contribution in [0.1, 0.15) is 34.8 Å². The number of hydrogen-bond acceptors (Lipinski definition) is 7. The maximum atomic E-state index is 13.1. The lowest BCUT2D eigenvalue weighted by atomic mass is 10.0. The quantitative estimate of drug-likeness (QED) is 0.690. The van der Waals surface area contributed by atoms with Gasteiger partial charge in [0.2, 0.25) is 0 Å². The van der Waals surface area contributed by atoms with Crippen molar-refractivity contribution in [1.29, 1.82) is 0 Å². The van der Waals surface area contributed by atoms with E-state index in [1.807, 2.05) is 0 Å². The molecule has 5 rings (SSSR count). The summed E-state index contributed by atoms with van der Waals surface area (Å²) in [6.45, 7) is 1.48. The van der Waals surface area contributed by atoms with Crippen LogP contribution in [0.2, 0.25) is 5.02 Å². The van der Waals surface area contributed by atoms with E-state index < -0.39 is 32.7 Å². The Hall–Kier alpha value is -2.40. The van der Waals surface area contributed by atoms with Crippen molar-refractivity contribution in [2.75, 3.05) is 26.4 Å². The Balaban J connectivity index is 1.62. The summed E-state index contributed by atoms with van der Waals surface area (Å²) in [4.78, 5) is 24.5. The van der Waals surface area contributed by atoms with Gasteiger partial charge >= 0.3 is 5.97 Å². The number of pyridine rings is 1. The number of rotatable bonds is 5. The third kappa shape index (κ3) is 3.71. The Labute approximate surface area is 188 Å². The SMILES string of the molecule is O=C(O)c1cc2c(n(C3CC3)c1=O)-c1cc(Cl)c(OC[C@H]3COCCO3)cc1S(=O)(=O)C2. The smallest absolute Gasteiger partial charge is 0.341 e. The fraction of sp³-hybridized carbons (Fsp3) is 0.429. The van der Waals surface area contributed by atoms with E-state index in [4.69, 9.17) is 25.8 Å². The Kier molecular flexibility index (Phi) is 5.28. The lowest BCUT2D eigenvalue weighted by Crippen LogP contribution is -2.33. The van der Waals surface area contributed by atoms with E-state index in [0.717, 1.165) is 18.9 Å². The third-order valence-corrected chi connectivity index (χ3v) is 7.73. The van der Waals surface area contributed by atoms with Gasteiger partial charge in [-0.05, 0) is 30.5 Å². The molecule has 0 amide bonds. The molecule has 2 aliphatic heterocycles. The predicted octanol–water partition coefficient (Wildman–Crippen LogP) is 2.28. The summed E-state index contributed by atoms with van der Waals surface area (Å²) in [6.07, 6.45) is 1.15. The number of nitrogens with zero attached hydrogens (tertiary/aromatic N) is 1. The normalized spacial score (nSPS) is 21.5. The van der Waals surface area contributed by atoms with Crippen molar-refractivity contribution in [3.8, 4) is 17.0 Å². The lowest BCUT2D eigenvalue weighted by molar-refractivity contribution is -0.101. The van der Waals surface area contributed by atoms with E-state index in [2.05, 4.69) is 0 Å². The number of fused-ring (bicyclic) bond motifs is 3. The molecule has 2 aromatic rings. The van der Waals surface area contributed by atoms with E-state index in [9.17, 15) is 23.1 Å². The van der Waals surface area contributed by atoms with E-state index in [-0.39, 0.29) is 45.5 Å². The maximum absolute atomic E-state index is 13.1. The van der Waals surface area contributed by atoms with Crippen LogP contribution >= 0.6 is 11.6 Å². The van der Waals surface area contributed by atoms with Crippen LogP contribution in [0.4, 0.5) is 0 Å². The van der Waals surface area contributed by atoms with Gasteiger partial charge in [-0.2, -0.15) is 0 Å². The van der Waals surface area contributed by atoms with Crippen LogP contribution in [0.25, 0.3) is 11.3 Å². The summed E-state index contributed by atoms with van der Waals surface area (Å²) in [6, 6.07) is 3.84.